The van der Waals surface area contributed by atoms with Crippen LogP contribution in [-0.4, -0.2) is 37.3 Å². The highest BCUT2D eigenvalue weighted by molar-refractivity contribution is 5.92. The van der Waals surface area contributed by atoms with Crippen LogP contribution in [0.5, 0.6) is 5.75 Å². The fourth-order valence-corrected chi connectivity index (χ4v) is 4.49. The monoisotopic (exact) mass is 398 g/mol. The molecule has 3 fully saturated rings. The normalized spacial score (nSPS) is 29.2. The summed E-state index contributed by atoms with van der Waals surface area (Å²) in [6, 6.07) is 5.38. The first-order valence-electron chi connectivity index (χ1n) is 9.75. The van der Waals surface area contributed by atoms with Crippen molar-refractivity contribution < 1.29 is 18.7 Å². The minimum Gasteiger partial charge on any atom is -0.489 e. The Balaban J connectivity index is 0.00000210. The lowest BCUT2D eigenvalue weighted by Gasteiger charge is -2.28. The molecule has 150 valence electrons. The van der Waals surface area contributed by atoms with Gasteiger partial charge in [0.05, 0.1) is 11.8 Å². The van der Waals surface area contributed by atoms with Gasteiger partial charge in [0.1, 0.15) is 18.2 Å². The van der Waals surface area contributed by atoms with Gasteiger partial charge in [0, 0.05) is 31.2 Å². The molecule has 0 radical (unpaired) electrons. The van der Waals surface area contributed by atoms with Crippen LogP contribution in [0.1, 0.15) is 44.9 Å². The number of carbonyl (C=O) groups is 1. The number of benzene rings is 1. The van der Waals surface area contributed by atoms with Crippen LogP contribution in [0.3, 0.4) is 0 Å². The molecule has 4 rings (SSSR count). The zero-order chi connectivity index (χ0) is 17.9. The SMILES string of the molecule is Cl.O=C(CC1CC2CCC(C1)N2)Nc1cc(F)ccc1OCC1CCCO1. The van der Waals surface area contributed by atoms with Gasteiger partial charge in [-0.25, -0.2) is 4.39 Å². The van der Waals surface area contributed by atoms with E-state index in [9.17, 15) is 9.18 Å². The minimum absolute atomic E-state index is 0. The van der Waals surface area contributed by atoms with Crippen molar-refractivity contribution in [2.75, 3.05) is 18.5 Å². The van der Waals surface area contributed by atoms with Crippen LogP contribution in [-0.2, 0) is 9.53 Å². The number of hydrogen-bond acceptors (Lipinski definition) is 4. The number of anilines is 1. The van der Waals surface area contributed by atoms with E-state index in [1.165, 1.54) is 25.0 Å². The molecule has 1 aromatic rings. The maximum atomic E-state index is 13.7. The summed E-state index contributed by atoms with van der Waals surface area (Å²) < 4.78 is 25.0. The molecular formula is C20H28ClFN2O3. The van der Waals surface area contributed by atoms with Crippen molar-refractivity contribution in [1.29, 1.82) is 0 Å². The molecule has 3 heterocycles. The van der Waals surface area contributed by atoms with E-state index in [2.05, 4.69) is 10.6 Å². The predicted octanol–water partition coefficient (Wildman–Crippen LogP) is 3.66. The Hall–Kier alpha value is -1.37. The van der Waals surface area contributed by atoms with Crippen LogP contribution in [0.15, 0.2) is 18.2 Å². The van der Waals surface area contributed by atoms with Gasteiger partial charge in [0.15, 0.2) is 0 Å². The molecule has 1 aromatic carbocycles. The molecule has 1 amide bonds. The summed E-state index contributed by atoms with van der Waals surface area (Å²) in [7, 11) is 0. The lowest BCUT2D eigenvalue weighted by Crippen LogP contribution is -2.39. The van der Waals surface area contributed by atoms with E-state index in [0.717, 1.165) is 32.3 Å². The molecule has 0 saturated carbocycles. The Morgan fingerprint density at radius 3 is 2.74 bits per heavy atom. The zero-order valence-electron chi connectivity index (χ0n) is 15.4. The van der Waals surface area contributed by atoms with E-state index in [1.807, 2.05) is 0 Å². The summed E-state index contributed by atoms with van der Waals surface area (Å²) in [6.45, 7) is 1.19. The number of nitrogens with one attached hydrogen (secondary N) is 2. The summed E-state index contributed by atoms with van der Waals surface area (Å²) in [5, 5.41) is 6.45. The van der Waals surface area contributed by atoms with Crippen LogP contribution >= 0.6 is 12.4 Å². The first-order valence-corrected chi connectivity index (χ1v) is 9.75. The van der Waals surface area contributed by atoms with Crippen molar-refractivity contribution in [2.45, 2.75) is 63.1 Å². The largest absolute Gasteiger partial charge is 0.489 e. The highest BCUT2D eigenvalue weighted by Gasteiger charge is 2.34. The summed E-state index contributed by atoms with van der Waals surface area (Å²) in [4.78, 5) is 12.5. The third-order valence-electron chi connectivity index (χ3n) is 5.71. The molecule has 0 spiro atoms. The van der Waals surface area contributed by atoms with Gasteiger partial charge in [-0.2, -0.15) is 0 Å². The standard InChI is InChI=1S/C20H27FN2O3.ClH/c21-14-3-6-19(26-12-17-2-1-7-25-17)18(11-14)23-20(24)10-13-8-15-4-5-16(9-13)22-15;/h3,6,11,13,15-17,22H,1-2,4-5,7-10,12H2,(H,23,24);1H. The third kappa shape index (κ3) is 5.33. The molecule has 0 aliphatic carbocycles. The molecule has 0 aromatic heterocycles. The van der Waals surface area contributed by atoms with Gasteiger partial charge in [-0.3, -0.25) is 4.79 Å². The van der Waals surface area contributed by atoms with Crippen LogP contribution in [0.2, 0.25) is 0 Å². The molecule has 7 heteroatoms. The second-order valence-corrected chi connectivity index (χ2v) is 7.81. The van der Waals surface area contributed by atoms with E-state index in [0.29, 0.717) is 42.5 Å². The Kier molecular flexibility index (Phi) is 6.95. The number of halogens is 2. The van der Waals surface area contributed by atoms with E-state index in [4.69, 9.17) is 9.47 Å². The van der Waals surface area contributed by atoms with Gasteiger partial charge in [0.25, 0.3) is 0 Å². The van der Waals surface area contributed by atoms with Crippen molar-refractivity contribution in [3.8, 4) is 5.75 Å². The number of hydrogen-bond donors (Lipinski definition) is 2. The van der Waals surface area contributed by atoms with Crippen molar-refractivity contribution in [1.82, 2.24) is 5.32 Å². The molecule has 3 unspecified atom stereocenters. The lowest BCUT2D eigenvalue weighted by molar-refractivity contribution is -0.117. The van der Waals surface area contributed by atoms with E-state index in [1.54, 1.807) is 6.07 Å². The Morgan fingerprint density at radius 1 is 1.26 bits per heavy atom. The van der Waals surface area contributed by atoms with Crippen molar-refractivity contribution in [3.63, 3.8) is 0 Å². The number of carbonyl (C=O) groups excluding carboxylic acids is 1. The zero-order valence-corrected chi connectivity index (χ0v) is 16.2. The molecule has 3 aliphatic rings. The molecule has 5 nitrogen and oxygen atoms in total. The maximum absolute atomic E-state index is 13.7. The number of rotatable bonds is 6. The van der Waals surface area contributed by atoms with Crippen LogP contribution < -0.4 is 15.4 Å². The van der Waals surface area contributed by atoms with Crippen LogP contribution in [0.4, 0.5) is 10.1 Å². The molecule has 2 N–H and O–H groups in total. The summed E-state index contributed by atoms with van der Waals surface area (Å²) in [5.41, 5.74) is 0.407. The number of fused-ring (bicyclic) bond motifs is 2. The fraction of sp³-hybridized carbons (Fsp3) is 0.650. The molecule has 2 bridgehead atoms. The van der Waals surface area contributed by atoms with E-state index in [-0.39, 0.29) is 30.2 Å². The Morgan fingerprint density at radius 2 is 2.04 bits per heavy atom. The second-order valence-electron chi connectivity index (χ2n) is 7.81. The highest BCUT2D eigenvalue weighted by atomic mass is 35.5. The summed E-state index contributed by atoms with van der Waals surface area (Å²) in [6.07, 6.45) is 7.11. The van der Waals surface area contributed by atoms with Crippen molar-refractivity contribution >= 4 is 24.0 Å². The Bertz CT molecular complexity index is 642. The van der Waals surface area contributed by atoms with Gasteiger partial charge in [-0.1, -0.05) is 0 Å². The minimum atomic E-state index is -0.385. The van der Waals surface area contributed by atoms with Gasteiger partial charge in [-0.15, -0.1) is 12.4 Å². The topological polar surface area (TPSA) is 59.6 Å². The van der Waals surface area contributed by atoms with Crippen LogP contribution in [0.25, 0.3) is 0 Å². The van der Waals surface area contributed by atoms with Gasteiger partial charge in [0.2, 0.25) is 5.91 Å². The van der Waals surface area contributed by atoms with Gasteiger partial charge < -0.3 is 20.1 Å². The number of piperidine rings is 1. The van der Waals surface area contributed by atoms with E-state index < -0.39 is 0 Å². The fourth-order valence-electron chi connectivity index (χ4n) is 4.49. The van der Waals surface area contributed by atoms with Gasteiger partial charge in [-0.05, 0) is 56.6 Å². The Labute approximate surface area is 165 Å². The second kappa shape index (κ2) is 9.22. The van der Waals surface area contributed by atoms with Crippen molar-refractivity contribution in [2.24, 2.45) is 5.92 Å². The summed E-state index contributed by atoms with van der Waals surface area (Å²) in [5.74, 6) is 0.452. The van der Waals surface area contributed by atoms with Gasteiger partial charge >= 0.3 is 0 Å². The third-order valence-corrected chi connectivity index (χ3v) is 5.71. The first kappa shape index (κ1) is 20.4. The molecule has 27 heavy (non-hydrogen) atoms. The van der Waals surface area contributed by atoms with Crippen molar-refractivity contribution in [3.05, 3.63) is 24.0 Å². The van der Waals surface area contributed by atoms with Crippen LogP contribution in [0, 0.1) is 11.7 Å². The maximum Gasteiger partial charge on any atom is 0.224 e. The molecule has 3 atom stereocenters. The molecule has 3 aliphatic heterocycles. The quantitative estimate of drug-likeness (QED) is 0.767. The lowest BCUT2D eigenvalue weighted by atomic mass is 9.89. The first-order chi connectivity index (χ1) is 12.7. The smallest absolute Gasteiger partial charge is 0.224 e. The number of ether oxygens (including phenoxy) is 2. The average molecular weight is 399 g/mol. The molecular weight excluding hydrogens is 371 g/mol. The summed E-state index contributed by atoms with van der Waals surface area (Å²) >= 11 is 0. The number of amides is 1. The molecule has 3 saturated heterocycles. The highest BCUT2D eigenvalue weighted by Crippen LogP contribution is 2.33. The predicted molar refractivity (Wildman–Crippen MR) is 104 cm³/mol. The van der Waals surface area contributed by atoms with E-state index >= 15 is 0 Å². The average Bonchev–Trinajstić information content (AvgIpc) is 3.23.